The minimum absolute atomic E-state index is 0.184. The molecule has 0 fully saturated rings. The van der Waals surface area contributed by atoms with E-state index in [0.717, 1.165) is 0 Å². The van der Waals surface area contributed by atoms with Crippen LogP contribution in [0.4, 0.5) is 5.69 Å². The van der Waals surface area contributed by atoms with E-state index >= 15 is 0 Å². The van der Waals surface area contributed by atoms with Gasteiger partial charge >= 0.3 is 0 Å². The summed E-state index contributed by atoms with van der Waals surface area (Å²) >= 11 is 0. The molecule has 2 aromatic carbocycles. The van der Waals surface area contributed by atoms with Crippen molar-refractivity contribution in [1.29, 1.82) is 5.26 Å². The Morgan fingerprint density at radius 2 is 1.69 bits per heavy atom. The molecular weight excluding hydrogens is 334 g/mol. The Morgan fingerprint density at radius 1 is 1.04 bits per heavy atom. The van der Waals surface area contributed by atoms with E-state index in [1.165, 1.54) is 14.2 Å². The molecule has 0 aromatic heterocycles. The Labute approximate surface area is 151 Å². The van der Waals surface area contributed by atoms with Gasteiger partial charge in [-0.3, -0.25) is 9.59 Å². The van der Waals surface area contributed by atoms with E-state index in [9.17, 15) is 9.59 Å². The van der Waals surface area contributed by atoms with E-state index < -0.39 is 5.91 Å². The van der Waals surface area contributed by atoms with Crippen LogP contribution < -0.4 is 20.1 Å². The number of anilines is 1. The first-order chi connectivity index (χ1) is 12.6. The van der Waals surface area contributed by atoms with Gasteiger partial charge in [0.25, 0.3) is 5.91 Å². The number of hydrogen-bond donors (Lipinski definition) is 2. The van der Waals surface area contributed by atoms with Crippen molar-refractivity contribution in [2.75, 3.05) is 19.5 Å². The van der Waals surface area contributed by atoms with Gasteiger partial charge in [-0.1, -0.05) is 24.3 Å². The fraction of sp³-hybridized carbons (Fsp3) is 0.211. The molecule has 134 valence electrons. The number of rotatable bonds is 7. The highest BCUT2D eigenvalue weighted by Gasteiger charge is 2.18. The van der Waals surface area contributed by atoms with Gasteiger partial charge in [-0.2, -0.15) is 5.26 Å². The quantitative estimate of drug-likeness (QED) is 0.796. The first-order valence-corrected chi connectivity index (χ1v) is 7.84. The zero-order valence-electron chi connectivity index (χ0n) is 14.5. The normalized spacial score (nSPS) is 9.73. The van der Waals surface area contributed by atoms with Crippen LogP contribution in [0.2, 0.25) is 0 Å². The van der Waals surface area contributed by atoms with Gasteiger partial charge in [-0.15, -0.1) is 0 Å². The van der Waals surface area contributed by atoms with Crippen molar-refractivity contribution < 1.29 is 19.1 Å². The standard InChI is InChI=1S/C19H19N3O4/c1-25-15-8-5-9-16(26-2)18(15)19(24)21-12-13-6-3-4-7-14(13)22-17(23)10-11-20/h3-9H,10,12H2,1-2H3,(H,21,24)(H,22,23). The van der Waals surface area contributed by atoms with Crippen molar-refractivity contribution in [3.8, 4) is 17.6 Å². The summed E-state index contributed by atoms with van der Waals surface area (Å²) in [6.45, 7) is 0.184. The van der Waals surface area contributed by atoms with Crippen LogP contribution in [-0.4, -0.2) is 26.0 Å². The summed E-state index contributed by atoms with van der Waals surface area (Å²) in [4.78, 5) is 24.2. The van der Waals surface area contributed by atoms with Crippen LogP contribution in [0.15, 0.2) is 42.5 Å². The summed E-state index contributed by atoms with van der Waals surface area (Å²) in [5.41, 5.74) is 1.55. The van der Waals surface area contributed by atoms with E-state index in [-0.39, 0.29) is 18.9 Å². The van der Waals surface area contributed by atoms with Crippen LogP contribution >= 0.6 is 0 Å². The Morgan fingerprint density at radius 3 is 2.31 bits per heavy atom. The van der Waals surface area contributed by atoms with E-state index in [4.69, 9.17) is 14.7 Å². The SMILES string of the molecule is COc1cccc(OC)c1C(=O)NCc1ccccc1NC(=O)CC#N. The lowest BCUT2D eigenvalue weighted by atomic mass is 10.1. The van der Waals surface area contributed by atoms with Gasteiger partial charge in [-0.05, 0) is 23.8 Å². The maximum absolute atomic E-state index is 12.6. The number of amides is 2. The summed E-state index contributed by atoms with van der Waals surface area (Å²) in [5, 5.41) is 14.0. The van der Waals surface area contributed by atoms with Crippen molar-refractivity contribution in [2.45, 2.75) is 13.0 Å². The molecule has 0 unspecified atom stereocenters. The number of nitrogens with one attached hydrogen (secondary N) is 2. The van der Waals surface area contributed by atoms with Crippen molar-refractivity contribution in [1.82, 2.24) is 5.32 Å². The molecule has 0 aliphatic heterocycles. The average molecular weight is 353 g/mol. The molecule has 26 heavy (non-hydrogen) atoms. The van der Waals surface area contributed by atoms with E-state index in [1.54, 1.807) is 48.5 Å². The van der Waals surface area contributed by atoms with Gasteiger partial charge in [0.1, 0.15) is 23.5 Å². The van der Waals surface area contributed by atoms with Crippen molar-refractivity contribution in [3.05, 3.63) is 53.6 Å². The Balaban J connectivity index is 2.16. The molecule has 2 rings (SSSR count). The molecule has 0 saturated carbocycles. The third-order valence-electron chi connectivity index (χ3n) is 3.63. The maximum Gasteiger partial charge on any atom is 0.259 e. The second-order valence-electron chi connectivity index (χ2n) is 5.26. The topological polar surface area (TPSA) is 100 Å². The predicted octanol–water partition coefficient (Wildman–Crippen LogP) is 2.49. The molecule has 0 bridgehead atoms. The number of ether oxygens (including phenoxy) is 2. The lowest BCUT2D eigenvalue weighted by Gasteiger charge is -2.14. The number of hydrogen-bond acceptors (Lipinski definition) is 5. The minimum atomic E-state index is -0.405. The molecule has 0 saturated heterocycles. The first-order valence-electron chi connectivity index (χ1n) is 7.84. The maximum atomic E-state index is 12.6. The zero-order chi connectivity index (χ0) is 18.9. The third-order valence-corrected chi connectivity index (χ3v) is 3.63. The molecule has 0 spiro atoms. The highest BCUT2D eigenvalue weighted by molar-refractivity contribution is 6.00. The number of para-hydroxylation sites is 1. The molecule has 0 aliphatic rings. The van der Waals surface area contributed by atoms with Crippen molar-refractivity contribution >= 4 is 17.5 Å². The lowest BCUT2D eigenvalue weighted by molar-refractivity contribution is -0.115. The smallest absolute Gasteiger partial charge is 0.259 e. The number of benzene rings is 2. The van der Waals surface area contributed by atoms with E-state index in [0.29, 0.717) is 28.3 Å². The van der Waals surface area contributed by atoms with E-state index in [2.05, 4.69) is 10.6 Å². The summed E-state index contributed by atoms with van der Waals surface area (Å²) in [7, 11) is 2.96. The van der Waals surface area contributed by atoms with Crippen LogP contribution in [0.25, 0.3) is 0 Å². The molecule has 0 heterocycles. The number of nitrogens with zero attached hydrogens (tertiary/aromatic N) is 1. The van der Waals surface area contributed by atoms with Gasteiger partial charge < -0.3 is 20.1 Å². The number of carbonyl (C=O) groups excluding carboxylic acids is 2. The molecule has 0 atom stereocenters. The Bertz CT molecular complexity index is 821. The van der Waals surface area contributed by atoms with Gasteiger partial charge in [0, 0.05) is 12.2 Å². The summed E-state index contributed by atoms with van der Waals surface area (Å²) in [6, 6.07) is 13.9. The summed E-state index contributed by atoms with van der Waals surface area (Å²) < 4.78 is 10.5. The van der Waals surface area contributed by atoms with Crippen LogP contribution in [0.3, 0.4) is 0 Å². The zero-order valence-corrected chi connectivity index (χ0v) is 14.5. The molecule has 2 aromatic rings. The van der Waals surface area contributed by atoms with Gasteiger partial charge in [0.05, 0.1) is 20.3 Å². The van der Waals surface area contributed by atoms with Crippen LogP contribution in [-0.2, 0) is 11.3 Å². The molecular formula is C19H19N3O4. The second kappa shape index (κ2) is 9.08. The van der Waals surface area contributed by atoms with Gasteiger partial charge in [0.2, 0.25) is 5.91 Å². The third kappa shape index (κ3) is 4.51. The minimum Gasteiger partial charge on any atom is -0.496 e. The average Bonchev–Trinajstić information content (AvgIpc) is 2.66. The Hall–Kier alpha value is -3.53. The fourth-order valence-electron chi connectivity index (χ4n) is 2.40. The molecule has 7 nitrogen and oxygen atoms in total. The van der Waals surface area contributed by atoms with E-state index in [1.807, 2.05) is 0 Å². The molecule has 7 heteroatoms. The van der Waals surface area contributed by atoms with Gasteiger partial charge in [0.15, 0.2) is 0 Å². The molecule has 0 aliphatic carbocycles. The second-order valence-corrected chi connectivity index (χ2v) is 5.26. The van der Waals surface area contributed by atoms with Crippen LogP contribution in [0.1, 0.15) is 22.3 Å². The molecule has 2 N–H and O–H groups in total. The monoisotopic (exact) mass is 353 g/mol. The number of carbonyl (C=O) groups is 2. The first kappa shape index (κ1) is 18.8. The summed E-state index contributed by atoms with van der Waals surface area (Å²) in [6.07, 6.45) is -0.237. The van der Waals surface area contributed by atoms with Crippen LogP contribution in [0, 0.1) is 11.3 Å². The van der Waals surface area contributed by atoms with Gasteiger partial charge in [-0.25, -0.2) is 0 Å². The molecule has 0 radical (unpaired) electrons. The largest absolute Gasteiger partial charge is 0.496 e. The van der Waals surface area contributed by atoms with Crippen LogP contribution in [0.5, 0.6) is 11.5 Å². The fourth-order valence-corrected chi connectivity index (χ4v) is 2.40. The lowest BCUT2D eigenvalue weighted by Crippen LogP contribution is -2.25. The van der Waals surface area contributed by atoms with Crippen molar-refractivity contribution in [3.63, 3.8) is 0 Å². The predicted molar refractivity (Wildman–Crippen MR) is 96.0 cm³/mol. The highest BCUT2D eigenvalue weighted by atomic mass is 16.5. The number of nitriles is 1. The number of methoxy groups -OCH3 is 2. The Kier molecular flexibility index (Phi) is 6.57. The highest BCUT2D eigenvalue weighted by Crippen LogP contribution is 2.28. The molecule has 2 amide bonds. The van der Waals surface area contributed by atoms with Crippen molar-refractivity contribution in [2.24, 2.45) is 0 Å². The summed E-state index contributed by atoms with van der Waals surface area (Å²) in [5.74, 6) is 0.0324.